The van der Waals surface area contributed by atoms with Crippen molar-refractivity contribution in [3.63, 3.8) is 0 Å². The fraction of sp³-hybridized carbons (Fsp3) is 0.760. The van der Waals surface area contributed by atoms with Crippen LogP contribution in [-0.4, -0.2) is 82.6 Å². The molecule has 2 aliphatic rings. The molecule has 0 bridgehead atoms. The molecule has 2 aromatic heterocycles. The van der Waals surface area contributed by atoms with Crippen molar-refractivity contribution in [1.29, 1.82) is 0 Å². The summed E-state index contributed by atoms with van der Waals surface area (Å²) in [5.74, 6) is 1.24. The van der Waals surface area contributed by atoms with Gasteiger partial charge in [-0.25, -0.2) is 9.78 Å². The first-order chi connectivity index (χ1) is 17.5. The van der Waals surface area contributed by atoms with Gasteiger partial charge in [-0.2, -0.15) is 0 Å². The minimum atomic E-state index is -0.348. The third-order valence-corrected chi connectivity index (χ3v) is 7.52. The number of methoxy groups -OCH3 is 1. The van der Waals surface area contributed by atoms with Crippen molar-refractivity contribution in [3.05, 3.63) is 26.7 Å². The number of ether oxygens (including phenoxy) is 2. The van der Waals surface area contributed by atoms with Gasteiger partial charge in [0.25, 0.3) is 5.56 Å². The van der Waals surface area contributed by atoms with E-state index in [0.29, 0.717) is 36.5 Å². The summed E-state index contributed by atoms with van der Waals surface area (Å²) in [7, 11) is 3.08. The summed E-state index contributed by atoms with van der Waals surface area (Å²) in [6, 6.07) is 0. The van der Waals surface area contributed by atoms with Gasteiger partial charge in [0.2, 0.25) is 0 Å². The maximum atomic E-state index is 13.4. The van der Waals surface area contributed by atoms with Crippen LogP contribution in [0.15, 0.2) is 9.59 Å². The Morgan fingerprint density at radius 2 is 1.83 bits per heavy atom. The first kappa shape index (κ1) is 26.6. The number of fused-ring (bicyclic) bond motifs is 1. The zero-order valence-corrected chi connectivity index (χ0v) is 21.7. The molecule has 0 spiro atoms. The summed E-state index contributed by atoms with van der Waals surface area (Å²) in [6.45, 7) is 7.07. The van der Waals surface area contributed by atoms with Crippen molar-refractivity contribution in [1.82, 2.24) is 28.9 Å². The van der Waals surface area contributed by atoms with E-state index < -0.39 is 0 Å². The molecule has 0 amide bonds. The molecule has 2 fully saturated rings. The zero-order chi connectivity index (χ0) is 25.5. The predicted octanol–water partition coefficient (Wildman–Crippen LogP) is 0.504. The second-order valence-electron chi connectivity index (χ2n) is 9.87. The summed E-state index contributed by atoms with van der Waals surface area (Å²) < 4.78 is 15.1. The SMILES string of the molecule is COC(=O)CCCCn1c(=O)c2nc(CCC3CCNCC3)n(CCN3CCOCC3)c2n(C)c1=O. The van der Waals surface area contributed by atoms with Crippen molar-refractivity contribution >= 4 is 17.1 Å². The lowest BCUT2D eigenvalue weighted by molar-refractivity contribution is -0.140. The molecule has 200 valence electrons. The highest BCUT2D eigenvalue weighted by Gasteiger charge is 2.22. The van der Waals surface area contributed by atoms with Crippen LogP contribution < -0.4 is 16.6 Å². The number of unbranched alkanes of at least 4 members (excludes halogenated alkanes) is 1. The van der Waals surface area contributed by atoms with Crippen molar-refractivity contribution in [2.45, 2.75) is 58.0 Å². The lowest BCUT2D eigenvalue weighted by Gasteiger charge is -2.27. The first-order valence-electron chi connectivity index (χ1n) is 13.3. The van der Waals surface area contributed by atoms with Gasteiger partial charge in [-0.3, -0.25) is 23.6 Å². The minimum absolute atomic E-state index is 0.253. The molecule has 0 aromatic carbocycles. The maximum Gasteiger partial charge on any atom is 0.332 e. The Morgan fingerprint density at radius 1 is 1.08 bits per heavy atom. The topological polar surface area (TPSA) is 113 Å². The van der Waals surface area contributed by atoms with Gasteiger partial charge in [-0.1, -0.05) is 0 Å². The number of imidazole rings is 1. The number of rotatable bonds is 11. The zero-order valence-electron chi connectivity index (χ0n) is 21.7. The van der Waals surface area contributed by atoms with Gasteiger partial charge in [0.15, 0.2) is 5.52 Å². The molecule has 11 heteroatoms. The highest BCUT2D eigenvalue weighted by atomic mass is 16.5. The van der Waals surface area contributed by atoms with Crippen molar-refractivity contribution in [2.24, 2.45) is 13.0 Å². The summed E-state index contributed by atoms with van der Waals surface area (Å²) in [5, 5.41) is 3.42. The largest absolute Gasteiger partial charge is 0.469 e. The van der Waals surface area contributed by atoms with Crippen LogP contribution in [0.4, 0.5) is 0 Å². The van der Waals surface area contributed by atoms with E-state index in [1.807, 2.05) is 0 Å². The molecule has 0 atom stereocenters. The van der Waals surface area contributed by atoms with E-state index >= 15 is 0 Å². The molecule has 4 heterocycles. The quantitative estimate of drug-likeness (QED) is 0.348. The number of esters is 1. The fourth-order valence-electron chi connectivity index (χ4n) is 5.29. The fourth-order valence-corrected chi connectivity index (χ4v) is 5.29. The van der Waals surface area contributed by atoms with Gasteiger partial charge in [-0.05, 0) is 51.1 Å². The number of nitrogens with zero attached hydrogens (tertiary/aromatic N) is 5. The molecule has 0 unspecified atom stereocenters. The molecule has 0 radical (unpaired) electrons. The van der Waals surface area contributed by atoms with Gasteiger partial charge in [0.1, 0.15) is 11.5 Å². The Bertz CT molecular complexity index is 1140. The molecular weight excluding hydrogens is 464 g/mol. The van der Waals surface area contributed by atoms with E-state index in [0.717, 1.165) is 77.4 Å². The maximum absolute atomic E-state index is 13.4. The lowest BCUT2D eigenvalue weighted by Crippen LogP contribution is -2.40. The van der Waals surface area contributed by atoms with Crippen LogP contribution in [-0.2, 0) is 40.8 Å². The standard InChI is InChI=1S/C25H40N6O5/c1-28-23-22(24(33)31(25(28)34)12-4-3-5-21(32)35-2)27-20(7-6-19-8-10-26-11-9-19)30(23)14-13-29-15-17-36-18-16-29/h19,26H,3-18H2,1-2H3. The van der Waals surface area contributed by atoms with Crippen LogP contribution in [0.25, 0.3) is 11.2 Å². The summed E-state index contributed by atoms with van der Waals surface area (Å²) in [5.41, 5.74) is 0.263. The smallest absolute Gasteiger partial charge is 0.332 e. The molecule has 1 N–H and O–H groups in total. The van der Waals surface area contributed by atoms with Crippen LogP contribution >= 0.6 is 0 Å². The Hall–Kier alpha value is -2.50. The van der Waals surface area contributed by atoms with Crippen molar-refractivity contribution in [2.75, 3.05) is 53.0 Å². The Balaban J connectivity index is 1.60. The molecule has 11 nitrogen and oxygen atoms in total. The van der Waals surface area contributed by atoms with Crippen LogP contribution in [0.5, 0.6) is 0 Å². The molecule has 2 aliphatic heterocycles. The van der Waals surface area contributed by atoms with E-state index in [9.17, 15) is 14.4 Å². The van der Waals surface area contributed by atoms with Crippen LogP contribution in [0.3, 0.4) is 0 Å². The van der Waals surface area contributed by atoms with Gasteiger partial charge in [0.05, 0.1) is 20.3 Å². The van der Waals surface area contributed by atoms with E-state index in [1.54, 1.807) is 11.6 Å². The monoisotopic (exact) mass is 504 g/mol. The average Bonchev–Trinajstić information content (AvgIpc) is 3.28. The number of piperidine rings is 1. The van der Waals surface area contributed by atoms with Gasteiger partial charge in [0, 0.05) is 52.6 Å². The number of carbonyl (C=O) groups is 1. The predicted molar refractivity (Wildman–Crippen MR) is 136 cm³/mol. The average molecular weight is 505 g/mol. The second kappa shape index (κ2) is 12.6. The number of hydrogen-bond acceptors (Lipinski definition) is 8. The number of hydrogen-bond donors (Lipinski definition) is 1. The van der Waals surface area contributed by atoms with Gasteiger partial charge in [-0.15, -0.1) is 0 Å². The Labute approximate surface area is 211 Å². The van der Waals surface area contributed by atoms with Gasteiger partial charge >= 0.3 is 11.7 Å². The molecule has 2 saturated heterocycles. The number of nitrogens with one attached hydrogen (secondary N) is 1. The third-order valence-electron chi connectivity index (χ3n) is 7.52. The van der Waals surface area contributed by atoms with Gasteiger partial charge < -0.3 is 19.4 Å². The first-order valence-corrected chi connectivity index (χ1v) is 13.3. The minimum Gasteiger partial charge on any atom is -0.469 e. The number of morpholine rings is 1. The Morgan fingerprint density at radius 3 is 2.56 bits per heavy atom. The van der Waals surface area contributed by atoms with Crippen molar-refractivity contribution in [3.8, 4) is 0 Å². The van der Waals surface area contributed by atoms with Crippen molar-refractivity contribution < 1.29 is 14.3 Å². The molecule has 36 heavy (non-hydrogen) atoms. The molecule has 0 aliphatic carbocycles. The third kappa shape index (κ3) is 6.24. The van der Waals surface area contributed by atoms with Crippen LogP contribution in [0, 0.1) is 5.92 Å². The summed E-state index contributed by atoms with van der Waals surface area (Å²) in [6.07, 6.45) is 5.49. The number of aryl methyl sites for hydroxylation is 2. The molecule has 0 saturated carbocycles. The number of aromatic nitrogens is 4. The number of carbonyl (C=O) groups excluding carboxylic acids is 1. The highest BCUT2D eigenvalue weighted by Crippen LogP contribution is 2.21. The van der Waals surface area contributed by atoms with E-state index in [-0.39, 0.29) is 30.2 Å². The normalized spacial score (nSPS) is 17.6. The Kier molecular flexibility index (Phi) is 9.33. The highest BCUT2D eigenvalue weighted by molar-refractivity contribution is 5.71. The molecule has 2 aromatic rings. The van der Waals surface area contributed by atoms with E-state index in [4.69, 9.17) is 9.72 Å². The summed E-state index contributed by atoms with van der Waals surface area (Å²) in [4.78, 5) is 45.2. The summed E-state index contributed by atoms with van der Waals surface area (Å²) >= 11 is 0. The molecular formula is C25H40N6O5. The van der Waals surface area contributed by atoms with E-state index in [1.165, 1.54) is 11.7 Å². The second-order valence-corrected chi connectivity index (χ2v) is 9.87. The van der Waals surface area contributed by atoms with Crippen LogP contribution in [0.2, 0.25) is 0 Å². The molecule has 4 rings (SSSR count). The lowest BCUT2D eigenvalue weighted by atomic mass is 9.93. The van der Waals surface area contributed by atoms with Crippen LogP contribution in [0.1, 0.15) is 44.3 Å². The van der Waals surface area contributed by atoms with E-state index in [2.05, 4.69) is 19.5 Å².